The fourth-order valence-corrected chi connectivity index (χ4v) is 4.92. The lowest BCUT2D eigenvalue weighted by Crippen LogP contribution is -2.34. The Hall–Kier alpha value is -3.17. The minimum atomic E-state index is -1.09. The minimum Gasteiger partial charge on any atom is -0.491 e. The van der Waals surface area contributed by atoms with Crippen molar-refractivity contribution in [2.75, 3.05) is 25.1 Å². The molecule has 3 heterocycles. The Kier molecular flexibility index (Phi) is 8.67. The summed E-state index contributed by atoms with van der Waals surface area (Å²) < 4.78 is 20.7. The largest absolute Gasteiger partial charge is 0.491 e. The third-order valence-corrected chi connectivity index (χ3v) is 6.94. The average Bonchev–Trinajstić information content (AvgIpc) is 3.58. The number of anilines is 1. The van der Waals surface area contributed by atoms with Gasteiger partial charge in [-0.15, -0.1) is 0 Å². The zero-order chi connectivity index (χ0) is 27.2. The van der Waals surface area contributed by atoms with E-state index in [4.69, 9.17) is 37.4 Å². The molecule has 2 aromatic heterocycles. The average molecular weight is 569 g/mol. The molecule has 1 N–H and O–H groups in total. The zero-order valence-corrected chi connectivity index (χ0v) is 23.4. The molecule has 1 aliphatic heterocycles. The monoisotopic (exact) mass is 567 g/mol. The smallest absolute Gasteiger partial charge is 0.223 e. The van der Waals surface area contributed by atoms with Crippen molar-refractivity contribution < 1.29 is 14.2 Å². The van der Waals surface area contributed by atoms with E-state index in [2.05, 4.69) is 34.1 Å². The molecular formula is C29H31Cl2N5O3. The fourth-order valence-electron chi connectivity index (χ4n) is 4.36. The first kappa shape index (κ1) is 27.4. The van der Waals surface area contributed by atoms with Crippen molar-refractivity contribution >= 4 is 29.2 Å². The number of rotatable bonds is 11. The Labute approximate surface area is 238 Å². The van der Waals surface area contributed by atoms with Crippen LogP contribution in [0, 0.1) is 5.92 Å². The summed E-state index contributed by atoms with van der Waals surface area (Å²) in [5.41, 5.74) is 2.53. The van der Waals surface area contributed by atoms with Crippen molar-refractivity contribution in [3.63, 3.8) is 0 Å². The minimum absolute atomic E-state index is 0.304. The molecule has 8 nitrogen and oxygen atoms in total. The first-order valence-electron chi connectivity index (χ1n) is 12.9. The number of halogens is 2. The summed E-state index contributed by atoms with van der Waals surface area (Å²) in [5.74, 6) is 0.890. The van der Waals surface area contributed by atoms with Crippen molar-refractivity contribution in [2.45, 2.75) is 38.7 Å². The van der Waals surface area contributed by atoms with Crippen LogP contribution in [0.2, 0.25) is 10.0 Å². The molecule has 2 atom stereocenters. The first-order valence-corrected chi connectivity index (χ1v) is 13.7. The summed E-state index contributed by atoms with van der Waals surface area (Å²) in [6.07, 6.45) is 7.80. The van der Waals surface area contributed by atoms with Crippen LogP contribution in [0.1, 0.15) is 25.8 Å². The van der Waals surface area contributed by atoms with E-state index in [-0.39, 0.29) is 6.10 Å². The highest BCUT2D eigenvalue weighted by Gasteiger charge is 2.45. The molecule has 4 aromatic rings. The van der Waals surface area contributed by atoms with Gasteiger partial charge in [-0.05, 0) is 54.8 Å². The number of nitrogens with one attached hydrogen (secondary N) is 1. The number of hydrogen-bond acceptors (Lipinski definition) is 7. The molecule has 39 heavy (non-hydrogen) atoms. The molecule has 10 heteroatoms. The van der Waals surface area contributed by atoms with E-state index in [1.165, 1.54) is 0 Å². The van der Waals surface area contributed by atoms with Gasteiger partial charge in [0.2, 0.25) is 11.7 Å². The Morgan fingerprint density at radius 3 is 2.72 bits per heavy atom. The normalized spacial score (nSPS) is 18.9. The molecule has 1 saturated heterocycles. The zero-order valence-electron chi connectivity index (χ0n) is 21.9. The van der Waals surface area contributed by atoms with E-state index >= 15 is 0 Å². The van der Waals surface area contributed by atoms with E-state index in [9.17, 15) is 0 Å². The standard InChI is InChI=1S/C29H31Cl2N5O3/c1-20(2)9-11-33-28-34-12-10-27(35-28)21-3-6-23(7-4-21)37-16-24-17-38-29(39-24,18-36-14-13-32-19-36)25-8-5-22(30)15-26(25)31/h3-8,10,12-15,19-20,24H,9,11,16-18H2,1-2H3,(H,33,34,35). The Balaban J connectivity index is 1.22. The number of nitrogens with zero attached hydrogens (tertiary/aromatic N) is 4. The van der Waals surface area contributed by atoms with Gasteiger partial charge < -0.3 is 24.1 Å². The summed E-state index contributed by atoms with van der Waals surface area (Å²) >= 11 is 12.7. The molecule has 0 spiro atoms. The topological polar surface area (TPSA) is 83.3 Å². The highest BCUT2D eigenvalue weighted by Crippen LogP contribution is 2.40. The van der Waals surface area contributed by atoms with Gasteiger partial charge in [-0.3, -0.25) is 0 Å². The SMILES string of the molecule is CC(C)CCNc1nccc(-c2ccc(OCC3COC(Cn4ccnc4)(c4ccc(Cl)cc4Cl)O3)cc2)n1. The summed E-state index contributed by atoms with van der Waals surface area (Å²) in [4.78, 5) is 13.1. The number of benzene rings is 2. The van der Waals surface area contributed by atoms with E-state index in [1.807, 2.05) is 47.2 Å². The number of hydrogen-bond donors (Lipinski definition) is 1. The van der Waals surface area contributed by atoms with Crippen LogP contribution in [0.15, 0.2) is 73.4 Å². The second kappa shape index (κ2) is 12.3. The number of imidazole rings is 1. The van der Waals surface area contributed by atoms with Gasteiger partial charge in [-0.2, -0.15) is 0 Å². The van der Waals surface area contributed by atoms with Gasteiger partial charge in [0, 0.05) is 41.3 Å². The lowest BCUT2D eigenvalue weighted by Gasteiger charge is -2.30. The molecular weight excluding hydrogens is 537 g/mol. The van der Waals surface area contributed by atoms with Gasteiger partial charge in [-0.1, -0.05) is 43.1 Å². The van der Waals surface area contributed by atoms with E-state index in [1.54, 1.807) is 30.9 Å². The molecule has 1 fully saturated rings. The summed E-state index contributed by atoms with van der Waals surface area (Å²) in [6, 6.07) is 15.0. The second-order valence-electron chi connectivity index (χ2n) is 9.87. The van der Waals surface area contributed by atoms with Crippen LogP contribution in [0.3, 0.4) is 0 Å². The Morgan fingerprint density at radius 2 is 1.97 bits per heavy atom. The van der Waals surface area contributed by atoms with Crippen LogP contribution in [0.25, 0.3) is 11.3 Å². The van der Waals surface area contributed by atoms with Crippen LogP contribution in [0.4, 0.5) is 5.95 Å². The van der Waals surface area contributed by atoms with E-state index in [0.717, 1.165) is 30.0 Å². The highest BCUT2D eigenvalue weighted by molar-refractivity contribution is 6.35. The number of ether oxygens (including phenoxy) is 3. The maximum Gasteiger partial charge on any atom is 0.223 e. The van der Waals surface area contributed by atoms with Gasteiger partial charge >= 0.3 is 0 Å². The van der Waals surface area contributed by atoms with Gasteiger partial charge in [-0.25, -0.2) is 15.0 Å². The van der Waals surface area contributed by atoms with Crippen LogP contribution in [0.5, 0.6) is 5.75 Å². The fraction of sp³-hybridized carbons (Fsp3) is 0.345. The molecule has 204 valence electrons. The van der Waals surface area contributed by atoms with Crippen molar-refractivity contribution in [1.82, 2.24) is 19.5 Å². The quantitative estimate of drug-likeness (QED) is 0.223. The van der Waals surface area contributed by atoms with Gasteiger partial charge in [0.1, 0.15) is 18.5 Å². The molecule has 0 amide bonds. The van der Waals surface area contributed by atoms with Gasteiger partial charge in [0.05, 0.1) is 30.2 Å². The highest BCUT2D eigenvalue weighted by atomic mass is 35.5. The first-order chi connectivity index (χ1) is 18.9. The molecule has 0 saturated carbocycles. The van der Waals surface area contributed by atoms with Crippen molar-refractivity contribution in [3.8, 4) is 17.0 Å². The van der Waals surface area contributed by atoms with Gasteiger partial charge in [0.15, 0.2) is 0 Å². The third-order valence-electron chi connectivity index (χ3n) is 6.40. The Morgan fingerprint density at radius 1 is 1.13 bits per heavy atom. The third kappa shape index (κ3) is 6.89. The van der Waals surface area contributed by atoms with E-state index < -0.39 is 5.79 Å². The predicted molar refractivity (Wildman–Crippen MR) is 152 cm³/mol. The van der Waals surface area contributed by atoms with Crippen molar-refractivity contribution in [1.29, 1.82) is 0 Å². The molecule has 5 rings (SSSR count). The van der Waals surface area contributed by atoms with Crippen LogP contribution in [-0.4, -0.2) is 45.4 Å². The molecule has 1 aliphatic rings. The van der Waals surface area contributed by atoms with Crippen molar-refractivity contribution in [2.24, 2.45) is 5.92 Å². The van der Waals surface area contributed by atoms with Gasteiger partial charge in [0.25, 0.3) is 0 Å². The van der Waals surface area contributed by atoms with Crippen molar-refractivity contribution in [3.05, 3.63) is 89.1 Å². The molecule has 2 unspecified atom stereocenters. The van der Waals surface area contributed by atoms with Crippen LogP contribution >= 0.6 is 23.2 Å². The molecule has 0 radical (unpaired) electrons. The number of aromatic nitrogens is 4. The van der Waals surface area contributed by atoms with E-state index in [0.29, 0.717) is 47.2 Å². The molecule has 2 aromatic carbocycles. The lowest BCUT2D eigenvalue weighted by atomic mass is 10.1. The van der Waals surface area contributed by atoms with Crippen LogP contribution < -0.4 is 10.1 Å². The second-order valence-corrected chi connectivity index (χ2v) is 10.7. The maximum absolute atomic E-state index is 6.56. The maximum atomic E-state index is 6.56. The predicted octanol–water partition coefficient (Wildman–Crippen LogP) is 6.45. The molecule has 0 bridgehead atoms. The van der Waals surface area contributed by atoms with Crippen LogP contribution in [-0.2, 0) is 21.8 Å². The summed E-state index contributed by atoms with van der Waals surface area (Å²) in [6.45, 7) is 6.28. The summed E-state index contributed by atoms with van der Waals surface area (Å²) in [7, 11) is 0. The molecule has 0 aliphatic carbocycles. The summed E-state index contributed by atoms with van der Waals surface area (Å²) in [5, 5.41) is 4.31. The lowest BCUT2D eigenvalue weighted by molar-refractivity contribution is -0.189. The Bertz CT molecular complexity index is 1370.